The Kier molecular flexibility index (Phi) is 8.18. The summed E-state index contributed by atoms with van der Waals surface area (Å²) in [4.78, 5) is 10.6. The number of nitrogens with zero attached hydrogens (tertiary/aromatic N) is 2. The van der Waals surface area contributed by atoms with Gasteiger partial charge in [-0.2, -0.15) is 0 Å². The molecule has 0 saturated heterocycles. The molecule has 0 atom stereocenters. The molecule has 1 aliphatic carbocycles. The number of hydrogen-bond donors (Lipinski definition) is 0. The molecule has 1 aliphatic rings. The minimum Gasteiger partial charge on any atom is -0.455 e. The summed E-state index contributed by atoms with van der Waals surface area (Å²) in [5.74, 6) is 0.673. The largest absolute Gasteiger partial charge is 0.455 e. The van der Waals surface area contributed by atoms with Gasteiger partial charge in [0.25, 0.3) is 0 Å². The second-order valence-electron chi connectivity index (χ2n) is 17.8. The molecular weight excluding hydrogens is 705 g/mol. The van der Waals surface area contributed by atoms with Crippen LogP contribution in [-0.2, 0) is 16.2 Å². The Morgan fingerprint density at radius 1 is 0.431 bits per heavy atom. The maximum absolute atomic E-state index is 6.56. The summed E-state index contributed by atoms with van der Waals surface area (Å²) in [5, 5.41) is 2.17. The fourth-order valence-corrected chi connectivity index (χ4v) is 9.06. The van der Waals surface area contributed by atoms with Gasteiger partial charge in [-0.15, -0.1) is 0 Å². The van der Waals surface area contributed by atoms with E-state index in [9.17, 15) is 0 Å². The lowest BCUT2D eigenvalue weighted by molar-refractivity contribution is 0.585. The van der Waals surface area contributed by atoms with Gasteiger partial charge >= 0.3 is 0 Å². The average molecular weight is 751 g/mol. The van der Waals surface area contributed by atoms with E-state index < -0.39 is 5.41 Å². The van der Waals surface area contributed by atoms with Crippen molar-refractivity contribution in [3.05, 3.63) is 203 Å². The molecule has 282 valence electrons. The zero-order chi connectivity index (χ0) is 39.8. The van der Waals surface area contributed by atoms with Gasteiger partial charge in [-0.1, -0.05) is 187 Å². The van der Waals surface area contributed by atoms with E-state index in [1.165, 1.54) is 44.5 Å². The molecule has 2 heterocycles. The van der Waals surface area contributed by atoms with Gasteiger partial charge in [0.2, 0.25) is 0 Å². The van der Waals surface area contributed by atoms with Crippen molar-refractivity contribution >= 4 is 21.9 Å². The van der Waals surface area contributed by atoms with Crippen molar-refractivity contribution in [1.29, 1.82) is 0 Å². The first-order valence-electron chi connectivity index (χ1n) is 20.3. The van der Waals surface area contributed by atoms with Gasteiger partial charge in [-0.25, -0.2) is 9.97 Å². The quantitative estimate of drug-likeness (QED) is 0.176. The molecule has 10 rings (SSSR count). The van der Waals surface area contributed by atoms with E-state index in [-0.39, 0.29) is 10.8 Å². The summed E-state index contributed by atoms with van der Waals surface area (Å²) >= 11 is 0. The number of aromatic nitrogens is 2. The third kappa shape index (κ3) is 5.71. The Morgan fingerprint density at radius 3 is 1.74 bits per heavy atom. The summed E-state index contributed by atoms with van der Waals surface area (Å²) < 4.78 is 6.56. The fourth-order valence-electron chi connectivity index (χ4n) is 9.06. The van der Waals surface area contributed by atoms with Crippen LogP contribution in [-0.4, -0.2) is 9.97 Å². The van der Waals surface area contributed by atoms with Crippen LogP contribution in [0.2, 0.25) is 0 Å². The van der Waals surface area contributed by atoms with Gasteiger partial charge < -0.3 is 4.42 Å². The minimum absolute atomic E-state index is 0.0266. The van der Waals surface area contributed by atoms with E-state index in [0.29, 0.717) is 5.82 Å². The topological polar surface area (TPSA) is 38.9 Å². The summed E-state index contributed by atoms with van der Waals surface area (Å²) in [5.41, 5.74) is 15.9. The van der Waals surface area contributed by atoms with Crippen molar-refractivity contribution in [2.45, 2.75) is 57.8 Å². The zero-order valence-corrected chi connectivity index (χ0v) is 34.0. The van der Waals surface area contributed by atoms with Crippen molar-refractivity contribution in [3.63, 3.8) is 0 Å². The Morgan fingerprint density at radius 2 is 1.02 bits per heavy atom. The number of hydrogen-bond acceptors (Lipinski definition) is 3. The molecule has 2 aromatic heterocycles. The molecule has 0 spiro atoms. The van der Waals surface area contributed by atoms with Crippen LogP contribution >= 0.6 is 0 Å². The van der Waals surface area contributed by atoms with E-state index in [1.807, 2.05) is 30.3 Å². The third-order valence-electron chi connectivity index (χ3n) is 12.1. The van der Waals surface area contributed by atoms with Gasteiger partial charge in [0.05, 0.1) is 16.8 Å². The van der Waals surface area contributed by atoms with Crippen molar-refractivity contribution in [3.8, 4) is 45.0 Å². The van der Waals surface area contributed by atoms with Gasteiger partial charge in [-0.05, 0) is 79.6 Å². The molecule has 3 nitrogen and oxygen atoms in total. The van der Waals surface area contributed by atoms with Crippen LogP contribution in [0.4, 0.5) is 0 Å². The first-order chi connectivity index (χ1) is 28.0. The molecule has 0 saturated carbocycles. The van der Waals surface area contributed by atoms with Crippen LogP contribution in [0.15, 0.2) is 174 Å². The lowest BCUT2D eigenvalue weighted by atomic mass is 9.66. The monoisotopic (exact) mass is 750 g/mol. The molecule has 58 heavy (non-hydrogen) atoms. The maximum atomic E-state index is 6.56. The molecule has 7 aromatic carbocycles. The summed E-state index contributed by atoms with van der Waals surface area (Å²) in [6.07, 6.45) is 0. The first kappa shape index (κ1) is 35.8. The van der Waals surface area contributed by atoms with E-state index in [1.54, 1.807) is 0 Å². The Bertz CT molecular complexity index is 2970. The van der Waals surface area contributed by atoms with Crippen molar-refractivity contribution in [1.82, 2.24) is 9.97 Å². The maximum Gasteiger partial charge on any atom is 0.160 e. The number of fused-ring (bicyclic) bond motifs is 6. The highest BCUT2D eigenvalue weighted by molar-refractivity contribution is 6.09. The second-order valence-corrected chi connectivity index (χ2v) is 17.8. The van der Waals surface area contributed by atoms with Crippen LogP contribution in [0.3, 0.4) is 0 Å². The average Bonchev–Trinajstić information content (AvgIpc) is 3.77. The summed E-state index contributed by atoms with van der Waals surface area (Å²) in [7, 11) is 0. The minimum atomic E-state index is -0.581. The van der Waals surface area contributed by atoms with E-state index in [2.05, 4.69) is 181 Å². The number of para-hydroxylation sites is 2. The molecule has 0 fully saturated rings. The SMILES string of the molecule is CC(C)(C)c1cccc(C2(c3cccc(C(C)(C)C)c3)c3ccccc3-c3ccc(-c4cc(-c5cccc6c5oc5ccccc56)nc(-c5ccccc5)n4)cc32)c1. The fraction of sp³-hybridized carbons (Fsp3) is 0.164. The summed E-state index contributed by atoms with van der Waals surface area (Å²) in [6.45, 7) is 13.8. The van der Waals surface area contributed by atoms with Crippen LogP contribution in [0.25, 0.3) is 67.0 Å². The lowest BCUT2D eigenvalue weighted by Gasteiger charge is -2.36. The normalized spacial score (nSPS) is 13.5. The Labute approximate surface area is 341 Å². The first-order valence-corrected chi connectivity index (χ1v) is 20.3. The second kappa shape index (κ2) is 13.2. The molecule has 0 radical (unpaired) electrons. The standard InChI is InChI=1S/C55H46N2O/c1-53(2,3)37-19-14-21-39(32-37)55(40-22-15-20-38(33-40)54(4,5)6)46-27-12-10-23-41(46)42-30-29-36(31-47(42)55)48-34-49(57-52(56-48)35-17-8-7-9-18-35)45-26-16-25-44-43-24-11-13-28-50(43)58-51(44)45/h7-34H,1-6H3. The Balaban J connectivity index is 1.26. The molecule has 0 aliphatic heterocycles. The van der Waals surface area contributed by atoms with Gasteiger partial charge in [0.15, 0.2) is 5.82 Å². The molecule has 0 N–H and O–H groups in total. The van der Waals surface area contributed by atoms with E-state index >= 15 is 0 Å². The van der Waals surface area contributed by atoms with Crippen molar-refractivity contribution in [2.75, 3.05) is 0 Å². The van der Waals surface area contributed by atoms with E-state index in [4.69, 9.17) is 14.4 Å². The van der Waals surface area contributed by atoms with E-state index in [0.717, 1.165) is 50.0 Å². The molecule has 0 unspecified atom stereocenters. The van der Waals surface area contributed by atoms with Crippen molar-refractivity contribution in [2.24, 2.45) is 0 Å². The molecule has 3 heteroatoms. The predicted molar refractivity (Wildman–Crippen MR) is 240 cm³/mol. The number of rotatable bonds is 5. The highest BCUT2D eigenvalue weighted by Crippen LogP contribution is 2.57. The van der Waals surface area contributed by atoms with Gasteiger partial charge in [0, 0.05) is 27.5 Å². The Hall–Kier alpha value is -6.58. The van der Waals surface area contributed by atoms with Crippen LogP contribution in [0.5, 0.6) is 0 Å². The number of benzene rings is 7. The number of furan rings is 1. The molecule has 0 bridgehead atoms. The zero-order valence-electron chi connectivity index (χ0n) is 34.0. The van der Waals surface area contributed by atoms with Crippen LogP contribution in [0, 0.1) is 0 Å². The molecule has 9 aromatic rings. The molecule has 0 amide bonds. The highest BCUT2D eigenvalue weighted by Gasteiger charge is 2.47. The molecular formula is C55H46N2O. The highest BCUT2D eigenvalue weighted by atomic mass is 16.3. The van der Waals surface area contributed by atoms with Gasteiger partial charge in [-0.3, -0.25) is 0 Å². The predicted octanol–water partition coefficient (Wildman–Crippen LogP) is 14.3. The summed E-state index contributed by atoms with van der Waals surface area (Å²) in [6, 6.07) is 61.6. The van der Waals surface area contributed by atoms with Gasteiger partial charge in [0.1, 0.15) is 11.2 Å². The smallest absolute Gasteiger partial charge is 0.160 e. The van der Waals surface area contributed by atoms with Crippen LogP contribution in [0.1, 0.15) is 74.9 Å². The van der Waals surface area contributed by atoms with Crippen LogP contribution < -0.4 is 0 Å². The third-order valence-corrected chi connectivity index (χ3v) is 12.1. The lowest BCUT2D eigenvalue weighted by Crippen LogP contribution is -2.30. The van der Waals surface area contributed by atoms with Crippen molar-refractivity contribution < 1.29 is 4.42 Å².